The van der Waals surface area contributed by atoms with Gasteiger partial charge in [0.05, 0.1) is 23.2 Å². The summed E-state index contributed by atoms with van der Waals surface area (Å²) in [6.45, 7) is 4.55. The summed E-state index contributed by atoms with van der Waals surface area (Å²) in [5.41, 5.74) is 1.90. The van der Waals surface area contributed by atoms with Crippen LogP contribution in [0.15, 0.2) is 23.7 Å². The molecular formula is C22H26F2N2O3S. The third kappa shape index (κ3) is 5.03. The van der Waals surface area contributed by atoms with E-state index in [-0.39, 0.29) is 31.0 Å². The van der Waals surface area contributed by atoms with E-state index >= 15 is 0 Å². The van der Waals surface area contributed by atoms with Crippen molar-refractivity contribution in [2.45, 2.75) is 46.0 Å². The molecule has 2 heterocycles. The molecule has 162 valence electrons. The lowest BCUT2D eigenvalue weighted by Gasteiger charge is -2.41. The Morgan fingerprint density at radius 1 is 1.33 bits per heavy atom. The molecule has 0 radical (unpaired) electrons. The molecule has 5 nitrogen and oxygen atoms in total. The summed E-state index contributed by atoms with van der Waals surface area (Å²) in [7, 11) is 0. The van der Waals surface area contributed by atoms with Crippen LogP contribution in [0.3, 0.4) is 0 Å². The van der Waals surface area contributed by atoms with Crippen LogP contribution in [0.2, 0.25) is 0 Å². The monoisotopic (exact) mass is 436 g/mol. The van der Waals surface area contributed by atoms with Gasteiger partial charge in [0.25, 0.3) is 0 Å². The van der Waals surface area contributed by atoms with Crippen LogP contribution in [-0.2, 0) is 27.2 Å². The SMILES string of the molecule is CCOC(=O)[C@]1(Cc2ccc(F)cc2F)CCCN(C(=O)CCc2scnc2C)C1. The van der Waals surface area contributed by atoms with Gasteiger partial charge >= 0.3 is 5.97 Å². The number of piperidine rings is 1. The highest BCUT2D eigenvalue weighted by Crippen LogP contribution is 2.36. The summed E-state index contributed by atoms with van der Waals surface area (Å²) in [6, 6.07) is 3.36. The number of benzene rings is 1. The molecule has 1 aliphatic heterocycles. The summed E-state index contributed by atoms with van der Waals surface area (Å²) in [5, 5.41) is 0. The van der Waals surface area contributed by atoms with Crippen LogP contribution in [0.5, 0.6) is 0 Å². The topological polar surface area (TPSA) is 59.5 Å². The highest BCUT2D eigenvalue weighted by atomic mass is 32.1. The summed E-state index contributed by atoms with van der Waals surface area (Å²) >= 11 is 1.53. The number of rotatable bonds is 7. The standard InChI is InChI=1S/C22H26F2N2O3S/c1-3-29-21(28)22(12-16-5-6-17(23)11-18(16)24)9-4-10-26(13-22)20(27)8-7-19-15(2)25-14-30-19/h5-6,11,14H,3-4,7-10,12-13H2,1-2H3/t22-/m0/s1. The summed E-state index contributed by atoms with van der Waals surface area (Å²) < 4.78 is 32.9. The molecular weight excluding hydrogens is 410 g/mol. The number of likely N-dealkylation sites (tertiary alicyclic amines) is 1. The Morgan fingerprint density at radius 2 is 2.13 bits per heavy atom. The first-order valence-electron chi connectivity index (χ1n) is 10.1. The number of halogens is 2. The lowest BCUT2D eigenvalue weighted by Crippen LogP contribution is -2.51. The number of carbonyl (C=O) groups is 2. The molecule has 8 heteroatoms. The molecule has 1 amide bonds. The van der Waals surface area contributed by atoms with Gasteiger partial charge in [0, 0.05) is 30.5 Å². The van der Waals surface area contributed by atoms with E-state index in [4.69, 9.17) is 4.74 Å². The van der Waals surface area contributed by atoms with Crippen molar-refractivity contribution in [2.75, 3.05) is 19.7 Å². The lowest BCUT2D eigenvalue weighted by atomic mass is 9.74. The predicted octanol–water partition coefficient (Wildman–Crippen LogP) is 4.08. The highest BCUT2D eigenvalue weighted by molar-refractivity contribution is 7.09. The second-order valence-corrected chi connectivity index (χ2v) is 8.63. The molecule has 0 aliphatic carbocycles. The smallest absolute Gasteiger partial charge is 0.314 e. The Labute approximate surface area is 179 Å². The van der Waals surface area contributed by atoms with E-state index < -0.39 is 23.0 Å². The molecule has 1 aromatic heterocycles. The summed E-state index contributed by atoms with van der Waals surface area (Å²) in [5.74, 6) is -1.84. The van der Waals surface area contributed by atoms with Gasteiger partial charge in [-0.05, 0) is 51.2 Å². The lowest BCUT2D eigenvalue weighted by molar-refractivity contribution is -0.160. The Balaban J connectivity index is 1.77. The van der Waals surface area contributed by atoms with E-state index in [9.17, 15) is 18.4 Å². The van der Waals surface area contributed by atoms with Crippen molar-refractivity contribution in [2.24, 2.45) is 5.41 Å². The maximum Gasteiger partial charge on any atom is 0.314 e. The fourth-order valence-corrected chi connectivity index (χ4v) is 4.77. The molecule has 0 unspecified atom stereocenters. The zero-order valence-electron chi connectivity index (χ0n) is 17.2. The van der Waals surface area contributed by atoms with E-state index in [0.29, 0.717) is 32.2 Å². The first-order chi connectivity index (χ1) is 14.3. The summed E-state index contributed by atoms with van der Waals surface area (Å²) in [6.07, 6.45) is 2.10. The number of aryl methyl sites for hydroxylation is 2. The van der Waals surface area contributed by atoms with E-state index in [1.807, 2.05) is 6.92 Å². The minimum absolute atomic E-state index is 0.0456. The third-order valence-electron chi connectivity index (χ3n) is 5.59. The fraction of sp³-hybridized carbons (Fsp3) is 0.500. The number of esters is 1. The van der Waals surface area contributed by atoms with Crippen LogP contribution >= 0.6 is 11.3 Å². The molecule has 30 heavy (non-hydrogen) atoms. The Bertz CT molecular complexity index is 918. The molecule has 0 spiro atoms. The molecule has 2 aromatic rings. The number of nitrogens with zero attached hydrogens (tertiary/aromatic N) is 2. The molecule has 0 saturated carbocycles. The van der Waals surface area contributed by atoms with Crippen LogP contribution in [0, 0.1) is 24.0 Å². The van der Waals surface area contributed by atoms with Crippen LogP contribution in [0.1, 0.15) is 42.3 Å². The zero-order valence-corrected chi connectivity index (χ0v) is 18.1. The largest absolute Gasteiger partial charge is 0.466 e. The van der Waals surface area contributed by atoms with Crippen molar-refractivity contribution >= 4 is 23.2 Å². The number of ether oxygens (including phenoxy) is 1. The van der Waals surface area contributed by atoms with Crippen LogP contribution in [0.25, 0.3) is 0 Å². The van der Waals surface area contributed by atoms with Crippen molar-refractivity contribution < 1.29 is 23.1 Å². The van der Waals surface area contributed by atoms with Gasteiger partial charge in [-0.15, -0.1) is 11.3 Å². The van der Waals surface area contributed by atoms with Gasteiger partial charge in [-0.1, -0.05) is 6.07 Å². The average molecular weight is 437 g/mol. The Morgan fingerprint density at radius 3 is 2.80 bits per heavy atom. The molecule has 0 N–H and O–H groups in total. The van der Waals surface area contributed by atoms with E-state index in [0.717, 1.165) is 16.6 Å². The minimum Gasteiger partial charge on any atom is -0.466 e. The Hall–Kier alpha value is -2.35. The second kappa shape index (κ2) is 9.64. The number of carbonyl (C=O) groups excluding carboxylic acids is 2. The van der Waals surface area contributed by atoms with Crippen LogP contribution in [0.4, 0.5) is 8.78 Å². The number of hydrogen-bond donors (Lipinski definition) is 0. The second-order valence-electron chi connectivity index (χ2n) is 7.69. The number of hydrogen-bond acceptors (Lipinski definition) is 5. The van der Waals surface area contributed by atoms with Crippen LogP contribution in [-0.4, -0.2) is 41.5 Å². The maximum absolute atomic E-state index is 14.3. The van der Waals surface area contributed by atoms with Gasteiger partial charge in [0.2, 0.25) is 5.91 Å². The molecule has 0 bridgehead atoms. The quantitative estimate of drug-likeness (QED) is 0.614. The average Bonchev–Trinajstić information content (AvgIpc) is 3.13. The van der Waals surface area contributed by atoms with Gasteiger partial charge < -0.3 is 9.64 Å². The fourth-order valence-electron chi connectivity index (χ4n) is 3.99. The minimum atomic E-state index is -1.04. The van der Waals surface area contributed by atoms with E-state index in [1.165, 1.54) is 23.5 Å². The van der Waals surface area contributed by atoms with Crippen LogP contribution < -0.4 is 0 Å². The number of thiazole rings is 1. The van der Waals surface area contributed by atoms with Gasteiger partial charge in [-0.25, -0.2) is 13.8 Å². The summed E-state index contributed by atoms with van der Waals surface area (Å²) in [4.78, 5) is 32.7. The third-order valence-corrected chi connectivity index (χ3v) is 6.59. The van der Waals surface area contributed by atoms with E-state index in [2.05, 4.69) is 4.98 Å². The van der Waals surface area contributed by atoms with Crippen molar-refractivity contribution in [1.29, 1.82) is 0 Å². The van der Waals surface area contributed by atoms with Crippen molar-refractivity contribution in [3.63, 3.8) is 0 Å². The van der Waals surface area contributed by atoms with Crippen molar-refractivity contribution in [3.05, 3.63) is 51.5 Å². The van der Waals surface area contributed by atoms with E-state index in [1.54, 1.807) is 17.3 Å². The van der Waals surface area contributed by atoms with Gasteiger partial charge in [-0.2, -0.15) is 0 Å². The zero-order chi connectivity index (χ0) is 21.7. The van der Waals surface area contributed by atoms with Gasteiger partial charge in [-0.3, -0.25) is 9.59 Å². The van der Waals surface area contributed by atoms with Gasteiger partial charge in [0.15, 0.2) is 0 Å². The maximum atomic E-state index is 14.3. The highest BCUT2D eigenvalue weighted by Gasteiger charge is 2.45. The van der Waals surface area contributed by atoms with Gasteiger partial charge in [0.1, 0.15) is 11.6 Å². The normalized spacial score (nSPS) is 19.0. The molecule has 1 fully saturated rings. The molecule has 1 atom stereocenters. The van der Waals surface area contributed by atoms with Crippen molar-refractivity contribution in [1.82, 2.24) is 9.88 Å². The molecule has 1 aliphatic rings. The predicted molar refractivity (Wildman–Crippen MR) is 110 cm³/mol. The number of aromatic nitrogens is 1. The molecule has 1 aromatic carbocycles. The van der Waals surface area contributed by atoms with Crippen molar-refractivity contribution in [3.8, 4) is 0 Å². The number of amides is 1. The first kappa shape index (κ1) is 22.3. The molecule has 3 rings (SSSR count). The first-order valence-corrected chi connectivity index (χ1v) is 11.0. The molecule has 1 saturated heterocycles. The Kier molecular flexibility index (Phi) is 7.18.